The molecule has 0 saturated heterocycles. The van der Waals surface area contributed by atoms with E-state index in [0.717, 1.165) is 37.7 Å². The molecule has 21 heavy (non-hydrogen) atoms. The zero-order valence-electron chi connectivity index (χ0n) is 11.7. The maximum atomic E-state index is 10.6. The number of amides is 1. The Hall–Kier alpha value is -2.34. The van der Waals surface area contributed by atoms with Crippen molar-refractivity contribution in [2.75, 3.05) is 6.54 Å². The third-order valence-corrected chi connectivity index (χ3v) is 3.69. The number of carboxylic acid groups (broad SMARTS) is 1. The van der Waals surface area contributed by atoms with Gasteiger partial charge in [0.25, 0.3) is 0 Å². The van der Waals surface area contributed by atoms with Gasteiger partial charge >= 0.3 is 6.09 Å². The summed E-state index contributed by atoms with van der Waals surface area (Å²) >= 11 is 0. The first kappa shape index (κ1) is 13.6. The molecule has 0 radical (unpaired) electrons. The number of aromatic nitrogens is 2. The Kier molecular flexibility index (Phi) is 3.87. The van der Waals surface area contributed by atoms with E-state index in [1.807, 2.05) is 12.3 Å². The molecule has 2 aromatic rings. The molecule has 1 amide bonds. The van der Waals surface area contributed by atoms with Crippen LogP contribution in [-0.2, 0) is 26.2 Å². The number of fused-ring (bicyclic) bond motifs is 1. The Balaban J connectivity index is 1.65. The molecule has 1 aromatic carbocycles. The van der Waals surface area contributed by atoms with Gasteiger partial charge in [-0.15, -0.1) is 0 Å². The molecule has 0 fully saturated rings. The maximum Gasteiger partial charge on any atom is 0.405 e. The Morgan fingerprint density at radius 3 is 2.86 bits per heavy atom. The van der Waals surface area contributed by atoms with Gasteiger partial charge in [-0.1, -0.05) is 30.3 Å². The zero-order chi connectivity index (χ0) is 14.7. The highest BCUT2D eigenvalue weighted by atomic mass is 16.4. The lowest BCUT2D eigenvalue weighted by atomic mass is 10.2. The van der Waals surface area contributed by atoms with Crippen molar-refractivity contribution in [2.45, 2.75) is 26.2 Å². The molecule has 0 spiro atoms. The SMILES string of the molecule is O=C(O)NCc1ncc2n1CCN(Cc1ccccc1)C2. The molecular formula is C15H18N4O2. The summed E-state index contributed by atoms with van der Waals surface area (Å²) in [4.78, 5) is 17.3. The molecule has 2 heterocycles. The molecule has 1 aliphatic heterocycles. The first-order valence-corrected chi connectivity index (χ1v) is 6.99. The van der Waals surface area contributed by atoms with E-state index in [2.05, 4.69) is 44.0 Å². The second-order valence-electron chi connectivity index (χ2n) is 5.17. The lowest BCUT2D eigenvalue weighted by molar-refractivity contribution is 0.192. The quantitative estimate of drug-likeness (QED) is 0.897. The number of nitrogens with one attached hydrogen (secondary N) is 1. The van der Waals surface area contributed by atoms with Gasteiger partial charge in [0.1, 0.15) is 5.82 Å². The summed E-state index contributed by atoms with van der Waals surface area (Å²) in [6, 6.07) is 10.4. The van der Waals surface area contributed by atoms with Gasteiger partial charge in [0.15, 0.2) is 0 Å². The second kappa shape index (κ2) is 5.97. The highest BCUT2D eigenvalue weighted by Gasteiger charge is 2.19. The van der Waals surface area contributed by atoms with Crippen LogP contribution in [0.25, 0.3) is 0 Å². The molecule has 1 aliphatic rings. The predicted molar refractivity (Wildman–Crippen MR) is 77.6 cm³/mol. The van der Waals surface area contributed by atoms with Gasteiger partial charge in [-0.2, -0.15) is 0 Å². The third-order valence-electron chi connectivity index (χ3n) is 3.69. The minimum Gasteiger partial charge on any atom is -0.465 e. The van der Waals surface area contributed by atoms with Crippen LogP contribution in [0.15, 0.2) is 36.5 Å². The van der Waals surface area contributed by atoms with Gasteiger partial charge in [-0.05, 0) is 5.56 Å². The van der Waals surface area contributed by atoms with Crippen LogP contribution in [0.3, 0.4) is 0 Å². The normalized spacial score (nSPS) is 14.7. The van der Waals surface area contributed by atoms with E-state index < -0.39 is 6.09 Å². The van der Waals surface area contributed by atoms with Crippen molar-refractivity contribution < 1.29 is 9.90 Å². The molecule has 3 rings (SSSR count). The second-order valence-corrected chi connectivity index (χ2v) is 5.17. The van der Waals surface area contributed by atoms with E-state index in [-0.39, 0.29) is 6.54 Å². The molecule has 1 aromatic heterocycles. The minimum absolute atomic E-state index is 0.258. The van der Waals surface area contributed by atoms with E-state index in [9.17, 15) is 4.79 Å². The predicted octanol–water partition coefficient (Wildman–Crippen LogP) is 1.67. The molecule has 6 nitrogen and oxygen atoms in total. The number of hydrogen-bond acceptors (Lipinski definition) is 3. The smallest absolute Gasteiger partial charge is 0.405 e. The van der Waals surface area contributed by atoms with E-state index in [1.54, 1.807) is 0 Å². The van der Waals surface area contributed by atoms with Gasteiger partial charge in [0.05, 0.1) is 12.2 Å². The summed E-state index contributed by atoms with van der Waals surface area (Å²) in [5, 5.41) is 11.0. The summed E-state index contributed by atoms with van der Waals surface area (Å²) in [7, 11) is 0. The summed E-state index contributed by atoms with van der Waals surface area (Å²) in [6.07, 6.45) is 0.824. The number of carbonyl (C=O) groups is 1. The average molecular weight is 286 g/mol. The van der Waals surface area contributed by atoms with E-state index >= 15 is 0 Å². The number of rotatable bonds is 4. The van der Waals surface area contributed by atoms with Crippen molar-refractivity contribution in [3.05, 3.63) is 53.6 Å². The molecule has 0 atom stereocenters. The lowest BCUT2D eigenvalue weighted by Gasteiger charge is -2.28. The van der Waals surface area contributed by atoms with Crippen LogP contribution in [0.4, 0.5) is 4.79 Å². The van der Waals surface area contributed by atoms with E-state index in [4.69, 9.17) is 5.11 Å². The van der Waals surface area contributed by atoms with E-state index in [1.165, 1.54) is 5.56 Å². The van der Waals surface area contributed by atoms with Crippen molar-refractivity contribution in [1.29, 1.82) is 0 Å². The summed E-state index contributed by atoms with van der Waals surface area (Å²) < 4.78 is 2.11. The highest BCUT2D eigenvalue weighted by Crippen LogP contribution is 2.17. The molecule has 6 heteroatoms. The molecule has 0 bridgehead atoms. The van der Waals surface area contributed by atoms with Crippen molar-refractivity contribution in [1.82, 2.24) is 19.8 Å². The monoisotopic (exact) mass is 286 g/mol. The average Bonchev–Trinajstić information content (AvgIpc) is 2.88. The van der Waals surface area contributed by atoms with Crippen molar-refractivity contribution in [3.8, 4) is 0 Å². The topological polar surface area (TPSA) is 70.4 Å². The number of hydrogen-bond donors (Lipinski definition) is 2. The lowest BCUT2D eigenvalue weighted by Crippen LogP contribution is -2.34. The van der Waals surface area contributed by atoms with Gasteiger partial charge in [-0.3, -0.25) is 4.90 Å². The van der Waals surface area contributed by atoms with Crippen molar-refractivity contribution >= 4 is 6.09 Å². The van der Waals surface area contributed by atoms with Crippen LogP contribution < -0.4 is 5.32 Å². The van der Waals surface area contributed by atoms with Gasteiger partial charge in [-0.25, -0.2) is 9.78 Å². The van der Waals surface area contributed by atoms with Gasteiger partial charge < -0.3 is 15.0 Å². The number of benzene rings is 1. The number of imidazole rings is 1. The molecule has 0 saturated carbocycles. The molecule has 110 valence electrons. The fourth-order valence-corrected chi connectivity index (χ4v) is 2.67. The Morgan fingerprint density at radius 2 is 2.10 bits per heavy atom. The zero-order valence-corrected chi connectivity index (χ0v) is 11.7. The van der Waals surface area contributed by atoms with E-state index in [0.29, 0.717) is 0 Å². The first-order valence-electron chi connectivity index (χ1n) is 6.99. The molecule has 0 aliphatic carbocycles. The maximum absolute atomic E-state index is 10.6. The summed E-state index contributed by atoms with van der Waals surface area (Å²) in [6.45, 7) is 3.81. The summed E-state index contributed by atoms with van der Waals surface area (Å²) in [5.74, 6) is 0.784. The number of nitrogens with zero attached hydrogens (tertiary/aromatic N) is 3. The fraction of sp³-hybridized carbons (Fsp3) is 0.333. The Bertz CT molecular complexity index is 624. The van der Waals surface area contributed by atoms with Crippen LogP contribution in [0.2, 0.25) is 0 Å². The van der Waals surface area contributed by atoms with Crippen LogP contribution in [0.5, 0.6) is 0 Å². The Labute approximate surface area is 123 Å². The van der Waals surface area contributed by atoms with Crippen LogP contribution >= 0.6 is 0 Å². The molecule has 2 N–H and O–H groups in total. The standard InChI is InChI=1S/C15H18N4O2/c20-15(21)17-9-14-16-8-13-11-18(6-7-19(13)14)10-12-4-2-1-3-5-12/h1-5,8,17H,6-7,9-11H2,(H,20,21). The highest BCUT2D eigenvalue weighted by molar-refractivity contribution is 5.64. The van der Waals surface area contributed by atoms with Crippen molar-refractivity contribution in [3.63, 3.8) is 0 Å². The Morgan fingerprint density at radius 1 is 1.29 bits per heavy atom. The van der Waals surface area contributed by atoms with Crippen LogP contribution in [-0.4, -0.2) is 32.2 Å². The molecular weight excluding hydrogens is 268 g/mol. The van der Waals surface area contributed by atoms with Crippen LogP contribution in [0, 0.1) is 0 Å². The third kappa shape index (κ3) is 3.22. The van der Waals surface area contributed by atoms with Gasteiger partial charge in [0, 0.05) is 32.4 Å². The minimum atomic E-state index is -1.02. The summed E-state index contributed by atoms with van der Waals surface area (Å²) in [5.41, 5.74) is 2.44. The van der Waals surface area contributed by atoms with Crippen molar-refractivity contribution in [2.24, 2.45) is 0 Å². The largest absolute Gasteiger partial charge is 0.465 e. The fourth-order valence-electron chi connectivity index (χ4n) is 2.67. The molecule has 0 unspecified atom stereocenters. The van der Waals surface area contributed by atoms with Crippen LogP contribution in [0.1, 0.15) is 17.1 Å². The first-order chi connectivity index (χ1) is 10.2. The van der Waals surface area contributed by atoms with Gasteiger partial charge in [0.2, 0.25) is 0 Å².